The largest absolute Gasteiger partial charge is 0.378 e. The van der Waals surface area contributed by atoms with Gasteiger partial charge in [0.15, 0.2) is 5.57 Å². The number of rotatable bonds is 3. The highest BCUT2D eigenvalue weighted by Crippen LogP contribution is 2.18. The summed E-state index contributed by atoms with van der Waals surface area (Å²) in [7, 11) is 0. The van der Waals surface area contributed by atoms with Crippen molar-refractivity contribution >= 4 is 40.2 Å². The average Bonchev–Trinajstić information content (AvgIpc) is 3.33. The first kappa shape index (κ1) is 22.2. The maximum Gasteiger partial charge on any atom is 0.273 e. The summed E-state index contributed by atoms with van der Waals surface area (Å²) < 4.78 is 7.75. The van der Waals surface area contributed by atoms with Gasteiger partial charge in [0.2, 0.25) is 0 Å². The van der Waals surface area contributed by atoms with Crippen molar-refractivity contribution in [2.75, 3.05) is 26.3 Å². The van der Waals surface area contributed by atoms with Crippen LogP contribution in [0, 0.1) is 32.1 Å². The van der Waals surface area contributed by atoms with Gasteiger partial charge in [-0.2, -0.15) is 5.26 Å². The first-order valence-corrected chi connectivity index (χ1v) is 12.0. The fourth-order valence-corrected chi connectivity index (χ4v) is 5.77. The van der Waals surface area contributed by atoms with Gasteiger partial charge < -0.3 is 9.64 Å². The quantitative estimate of drug-likeness (QED) is 0.595. The van der Waals surface area contributed by atoms with E-state index in [1.807, 2.05) is 56.5 Å². The van der Waals surface area contributed by atoms with Crippen LogP contribution >= 0.6 is 22.7 Å². The predicted molar refractivity (Wildman–Crippen MR) is 128 cm³/mol. The van der Waals surface area contributed by atoms with Crippen molar-refractivity contribution in [2.45, 2.75) is 20.8 Å². The maximum absolute atomic E-state index is 13.6. The van der Waals surface area contributed by atoms with Crippen LogP contribution in [0.5, 0.6) is 0 Å². The lowest BCUT2D eigenvalue weighted by Crippen LogP contribution is -2.42. The molecule has 1 amide bonds. The Kier molecular flexibility index (Phi) is 6.42. The van der Waals surface area contributed by atoms with Gasteiger partial charge in [0.25, 0.3) is 11.5 Å². The van der Waals surface area contributed by atoms with Crippen molar-refractivity contribution in [3.8, 4) is 11.8 Å². The van der Waals surface area contributed by atoms with E-state index in [0.717, 1.165) is 21.6 Å². The lowest BCUT2D eigenvalue weighted by molar-refractivity contribution is -0.128. The number of carbonyl (C=O) groups excluding carboxylic acids is 1. The lowest BCUT2D eigenvalue weighted by Gasteiger charge is -2.26. The number of ether oxygens (including phenoxy) is 1. The second kappa shape index (κ2) is 9.25. The van der Waals surface area contributed by atoms with E-state index >= 15 is 0 Å². The smallest absolute Gasteiger partial charge is 0.273 e. The first-order chi connectivity index (χ1) is 15.4. The second-order valence-corrected chi connectivity index (χ2v) is 9.63. The summed E-state index contributed by atoms with van der Waals surface area (Å²) in [6, 6.07) is 9.89. The summed E-state index contributed by atoms with van der Waals surface area (Å²) in [5.74, 6) is -0.365. The molecule has 1 fully saturated rings. The van der Waals surface area contributed by atoms with Crippen molar-refractivity contribution < 1.29 is 9.53 Å². The Labute approximate surface area is 193 Å². The molecule has 0 N–H and O–H groups in total. The molecule has 0 saturated carbocycles. The molecule has 1 saturated heterocycles. The number of aromatic nitrogens is 1. The molecule has 2 aromatic heterocycles. The van der Waals surface area contributed by atoms with Crippen LogP contribution in [-0.2, 0) is 9.53 Å². The molecule has 0 atom stereocenters. The van der Waals surface area contributed by atoms with Crippen LogP contribution < -0.4 is 14.8 Å². The van der Waals surface area contributed by atoms with Gasteiger partial charge in [0, 0.05) is 18.0 Å². The minimum absolute atomic E-state index is 0.0146. The minimum Gasteiger partial charge on any atom is -0.378 e. The number of nitrogens with zero attached hydrogens (tertiary/aromatic N) is 3. The standard InChI is InChI=1S/C24H23N3O3S2/c1-15-7-12-31-19(15)13-20-23(29)27(21-16(2)5-4-6-17(21)3)24(32-20)18(14-25)22(28)26-8-10-30-11-9-26/h4-7,12-13H,8-11H2,1-3H3/b20-13-,24-18-. The summed E-state index contributed by atoms with van der Waals surface area (Å²) in [6.45, 7) is 7.59. The van der Waals surface area contributed by atoms with Crippen molar-refractivity contribution in [3.05, 3.63) is 70.8 Å². The van der Waals surface area contributed by atoms with Gasteiger partial charge in [-0.3, -0.25) is 14.2 Å². The molecular weight excluding hydrogens is 442 g/mol. The van der Waals surface area contributed by atoms with Crippen molar-refractivity contribution in [3.63, 3.8) is 0 Å². The Hall–Kier alpha value is -2.99. The third-order valence-corrected chi connectivity index (χ3v) is 7.55. The summed E-state index contributed by atoms with van der Waals surface area (Å²) in [5.41, 5.74) is 3.37. The monoisotopic (exact) mass is 465 g/mol. The predicted octanol–water partition coefficient (Wildman–Crippen LogP) is 2.25. The van der Waals surface area contributed by atoms with Gasteiger partial charge in [-0.05, 0) is 55.0 Å². The number of morpholine rings is 1. The molecule has 1 aliphatic rings. The lowest BCUT2D eigenvalue weighted by atomic mass is 10.1. The molecule has 3 heterocycles. The van der Waals surface area contributed by atoms with Crippen LogP contribution in [-0.4, -0.2) is 41.7 Å². The zero-order valence-corrected chi connectivity index (χ0v) is 19.8. The third kappa shape index (κ3) is 4.07. The Morgan fingerprint density at radius 1 is 1.12 bits per heavy atom. The summed E-state index contributed by atoms with van der Waals surface area (Å²) in [6.07, 6.45) is 1.86. The topological polar surface area (TPSA) is 75.3 Å². The molecule has 0 aliphatic carbocycles. The van der Waals surface area contributed by atoms with Gasteiger partial charge >= 0.3 is 0 Å². The second-order valence-electron chi connectivity index (χ2n) is 7.66. The van der Waals surface area contributed by atoms with Gasteiger partial charge in [-0.25, -0.2) is 0 Å². The van der Waals surface area contributed by atoms with Crippen LogP contribution in [0.1, 0.15) is 21.6 Å². The van der Waals surface area contributed by atoms with E-state index in [0.29, 0.717) is 41.2 Å². The maximum atomic E-state index is 13.6. The molecule has 0 radical (unpaired) electrons. The number of nitriles is 1. The number of hydrogen-bond acceptors (Lipinski definition) is 6. The number of thiazole rings is 1. The molecule has 164 valence electrons. The third-order valence-electron chi connectivity index (χ3n) is 5.49. The zero-order chi connectivity index (χ0) is 22.8. The zero-order valence-electron chi connectivity index (χ0n) is 18.2. The van der Waals surface area contributed by atoms with E-state index in [1.165, 1.54) is 11.3 Å². The highest BCUT2D eigenvalue weighted by atomic mass is 32.1. The Bertz CT molecular complexity index is 1380. The van der Waals surface area contributed by atoms with Crippen LogP contribution in [0.15, 0.2) is 34.4 Å². The molecule has 4 rings (SSSR count). The molecule has 8 heteroatoms. The number of para-hydroxylation sites is 1. The van der Waals surface area contributed by atoms with E-state index in [-0.39, 0.29) is 17.0 Å². The number of amides is 1. The van der Waals surface area contributed by atoms with Crippen molar-refractivity contribution in [1.29, 1.82) is 5.26 Å². The van der Waals surface area contributed by atoms with Crippen LogP contribution in [0.25, 0.3) is 17.3 Å². The fraction of sp³-hybridized carbons (Fsp3) is 0.292. The van der Waals surface area contributed by atoms with Gasteiger partial charge in [0.1, 0.15) is 10.7 Å². The summed E-state index contributed by atoms with van der Waals surface area (Å²) in [4.78, 5) is 29.5. The van der Waals surface area contributed by atoms with E-state index in [9.17, 15) is 14.9 Å². The first-order valence-electron chi connectivity index (χ1n) is 10.3. The fourth-order valence-electron chi connectivity index (χ4n) is 3.77. The van der Waals surface area contributed by atoms with Crippen LogP contribution in [0.3, 0.4) is 0 Å². The van der Waals surface area contributed by atoms with E-state index in [2.05, 4.69) is 6.07 Å². The Balaban J connectivity index is 2.06. The highest BCUT2D eigenvalue weighted by molar-refractivity contribution is 7.11. The average molecular weight is 466 g/mol. The molecule has 0 bridgehead atoms. The SMILES string of the molecule is Cc1ccsc1/C=c1\s/c(=C(/C#N)C(=O)N2CCOCC2)n(-c2c(C)cccc2C)c1=O. The highest BCUT2D eigenvalue weighted by Gasteiger charge is 2.24. The van der Waals surface area contributed by atoms with Gasteiger partial charge in [0.05, 0.1) is 23.4 Å². The van der Waals surface area contributed by atoms with E-state index in [1.54, 1.807) is 20.8 Å². The molecule has 3 aromatic rings. The summed E-state index contributed by atoms with van der Waals surface area (Å²) in [5, 5.41) is 12.0. The molecule has 1 aliphatic heterocycles. The molecular formula is C24H23N3O3S2. The van der Waals surface area contributed by atoms with Crippen LogP contribution in [0.2, 0.25) is 0 Å². The Morgan fingerprint density at radius 2 is 1.81 bits per heavy atom. The number of benzene rings is 1. The number of carbonyl (C=O) groups is 1. The van der Waals surface area contributed by atoms with E-state index < -0.39 is 0 Å². The molecule has 0 unspecified atom stereocenters. The van der Waals surface area contributed by atoms with Crippen molar-refractivity contribution in [1.82, 2.24) is 9.47 Å². The van der Waals surface area contributed by atoms with E-state index in [4.69, 9.17) is 4.74 Å². The number of hydrogen-bond donors (Lipinski definition) is 0. The molecule has 1 aromatic carbocycles. The minimum atomic E-state index is -0.365. The molecule has 32 heavy (non-hydrogen) atoms. The normalized spacial score (nSPS) is 15.6. The van der Waals surface area contributed by atoms with Gasteiger partial charge in [-0.15, -0.1) is 22.7 Å². The molecule has 0 spiro atoms. The van der Waals surface area contributed by atoms with Crippen molar-refractivity contribution in [2.24, 2.45) is 0 Å². The van der Waals surface area contributed by atoms with Crippen LogP contribution in [0.4, 0.5) is 0 Å². The molecule has 6 nitrogen and oxygen atoms in total. The Morgan fingerprint density at radius 3 is 2.41 bits per heavy atom. The van der Waals surface area contributed by atoms with Gasteiger partial charge in [-0.1, -0.05) is 18.2 Å². The number of aryl methyl sites for hydroxylation is 3. The number of thiophene rings is 1. The summed E-state index contributed by atoms with van der Waals surface area (Å²) >= 11 is 2.75.